The van der Waals surface area contributed by atoms with Gasteiger partial charge in [-0.1, -0.05) is 185 Å². The van der Waals surface area contributed by atoms with E-state index >= 15 is 0 Å². The minimum atomic E-state index is -1.78. The summed E-state index contributed by atoms with van der Waals surface area (Å²) in [6.07, 6.45) is 29.4. The maximum absolute atomic E-state index is 13.0. The largest absolute Gasteiger partial charge is 0.458 e. The van der Waals surface area contributed by atoms with E-state index in [4.69, 9.17) is 28.4 Å². The standard InChI is InChI=1S/C55H98O15/c1-3-5-7-9-11-13-15-17-19-20-21-22-24-26-28-30-32-34-36-38-47(58)68-43(40-65-46(57)37-35-33-31-29-27-25-23-18-16-14-12-10-8-6-4-2)41-66-54-53(64)51(62)49(60)45(70-54)42-67-55-52(63)50(61)48(59)44(39-56)69-55/h17,19,31,33,35,37,43-45,48-56,59-64H,3-16,18,20-30,32,34,36,38-42H2,1-2H3/b19-17+,33-31+,37-35+/t43-,44+,45+,48-,49-,50?,51?,52?,53?,54+,55+/m1/s1. The van der Waals surface area contributed by atoms with Crippen LogP contribution in [0.25, 0.3) is 0 Å². The zero-order chi connectivity index (χ0) is 51.0. The third-order valence-corrected chi connectivity index (χ3v) is 13.2. The molecule has 0 spiro atoms. The van der Waals surface area contributed by atoms with Crippen LogP contribution in [0.4, 0.5) is 0 Å². The SMILES string of the molecule is CCCCCCCC/C=C/CCCCCCCCCCCC(=O)O[C@H](COC(=O)/C=C/C=C/CCCCCCCCCCCCC)CO[C@H]1O[C@@H](CO[C@H]2O[C@@H](CO)[C@@H](O)C(O)C2O)[C@@H](O)C(O)C1O. The molecule has 70 heavy (non-hydrogen) atoms. The van der Waals surface area contributed by atoms with E-state index in [0.717, 1.165) is 44.9 Å². The smallest absolute Gasteiger partial charge is 0.330 e. The lowest BCUT2D eigenvalue weighted by molar-refractivity contribution is -0.332. The summed E-state index contributed by atoms with van der Waals surface area (Å²) < 4.78 is 33.4. The number of unbranched alkanes of at least 4 members (excludes halogenated alkanes) is 26. The minimum Gasteiger partial charge on any atom is -0.458 e. The lowest BCUT2D eigenvalue weighted by Gasteiger charge is -2.42. The van der Waals surface area contributed by atoms with Crippen LogP contribution in [0.15, 0.2) is 36.5 Å². The normalized spacial score (nSPS) is 25.6. The molecule has 11 atom stereocenters. The molecule has 15 heteroatoms. The lowest BCUT2D eigenvalue weighted by Crippen LogP contribution is -2.61. The minimum absolute atomic E-state index is 0.144. The zero-order valence-electron chi connectivity index (χ0n) is 43.3. The molecule has 0 aromatic rings. The second kappa shape index (κ2) is 42.1. The Morgan fingerprint density at radius 1 is 0.486 bits per heavy atom. The second-order valence-corrected chi connectivity index (χ2v) is 19.5. The summed E-state index contributed by atoms with van der Waals surface area (Å²) >= 11 is 0. The van der Waals surface area contributed by atoms with Crippen LogP contribution in [0.5, 0.6) is 0 Å². The number of ether oxygens (including phenoxy) is 6. The molecular formula is C55H98O15. The third kappa shape index (κ3) is 29.4. The van der Waals surface area contributed by atoms with Gasteiger partial charge < -0.3 is 64.2 Å². The maximum Gasteiger partial charge on any atom is 0.330 e. The van der Waals surface area contributed by atoms with Gasteiger partial charge in [0.2, 0.25) is 0 Å². The number of esters is 2. The van der Waals surface area contributed by atoms with Crippen LogP contribution >= 0.6 is 0 Å². The average Bonchev–Trinajstić information content (AvgIpc) is 3.35. The van der Waals surface area contributed by atoms with Gasteiger partial charge in [0, 0.05) is 12.5 Å². The van der Waals surface area contributed by atoms with Gasteiger partial charge in [-0.05, 0) is 44.9 Å². The molecule has 408 valence electrons. The number of aliphatic hydroxyl groups excluding tert-OH is 7. The molecule has 0 saturated carbocycles. The van der Waals surface area contributed by atoms with Crippen LogP contribution in [0.2, 0.25) is 0 Å². The Morgan fingerprint density at radius 3 is 1.41 bits per heavy atom. The predicted octanol–water partition coefficient (Wildman–Crippen LogP) is 8.49. The fourth-order valence-electron chi connectivity index (χ4n) is 8.66. The van der Waals surface area contributed by atoms with Crippen LogP contribution in [-0.4, -0.2) is 142 Å². The van der Waals surface area contributed by atoms with Crippen molar-refractivity contribution in [1.29, 1.82) is 0 Å². The lowest BCUT2D eigenvalue weighted by atomic mass is 9.98. The molecule has 2 heterocycles. The summed E-state index contributed by atoms with van der Waals surface area (Å²) in [6, 6.07) is 0. The molecule has 0 radical (unpaired) electrons. The van der Waals surface area contributed by atoms with Gasteiger partial charge in [-0.25, -0.2) is 4.79 Å². The number of allylic oxidation sites excluding steroid dienone is 5. The highest BCUT2D eigenvalue weighted by Gasteiger charge is 2.47. The highest BCUT2D eigenvalue weighted by Crippen LogP contribution is 2.26. The maximum atomic E-state index is 13.0. The van der Waals surface area contributed by atoms with Gasteiger partial charge >= 0.3 is 11.9 Å². The Labute approximate surface area is 421 Å². The molecule has 2 fully saturated rings. The molecule has 7 N–H and O–H groups in total. The van der Waals surface area contributed by atoms with Gasteiger partial charge in [0.1, 0.15) is 55.4 Å². The number of aliphatic hydroxyl groups is 7. The molecule has 15 nitrogen and oxygen atoms in total. The van der Waals surface area contributed by atoms with Crippen LogP contribution in [0.1, 0.15) is 206 Å². The first-order valence-corrected chi connectivity index (χ1v) is 27.6. The van der Waals surface area contributed by atoms with Gasteiger partial charge in [0.15, 0.2) is 18.7 Å². The molecule has 0 amide bonds. The second-order valence-electron chi connectivity index (χ2n) is 19.5. The Bertz CT molecular complexity index is 1360. The molecule has 2 saturated heterocycles. The van der Waals surface area contributed by atoms with Crippen molar-refractivity contribution in [3.8, 4) is 0 Å². The number of hydrogen-bond acceptors (Lipinski definition) is 15. The molecule has 2 aliphatic heterocycles. The van der Waals surface area contributed by atoms with Gasteiger partial charge in [0.05, 0.1) is 19.8 Å². The van der Waals surface area contributed by atoms with Crippen molar-refractivity contribution in [2.45, 2.75) is 274 Å². The summed E-state index contributed by atoms with van der Waals surface area (Å²) in [5, 5.41) is 72.1. The van der Waals surface area contributed by atoms with Crippen molar-refractivity contribution in [3.63, 3.8) is 0 Å². The van der Waals surface area contributed by atoms with Gasteiger partial charge in [-0.2, -0.15) is 0 Å². The monoisotopic (exact) mass is 999 g/mol. The molecule has 2 rings (SSSR count). The Kier molecular flexibility index (Phi) is 38.4. The molecule has 0 aromatic heterocycles. The topological polar surface area (TPSA) is 231 Å². The number of carbonyl (C=O) groups is 2. The Balaban J connectivity index is 1.80. The first kappa shape index (κ1) is 63.8. The quantitative estimate of drug-likeness (QED) is 0.00998. The summed E-state index contributed by atoms with van der Waals surface area (Å²) in [4.78, 5) is 25.7. The molecule has 0 aliphatic carbocycles. The Morgan fingerprint density at radius 2 is 0.914 bits per heavy atom. The van der Waals surface area contributed by atoms with E-state index < -0.39 is 99.3 Å². The van der Waals surface area contributed by atoms with E-state index in [1.165, 1.54) is 141 Å². The van der Waals surface area contributed by atoms with Gasteiger partial charge in [-0.3, -0.25) is 4.79 Å². The van der Waals surface area contributed by atoms with E-state index in [0.29, 0.717) is 6.42 Å². The van der Waals surface area contributed by atoms with Crippen molar-refractivity contribution >= 4 is 11.9 Å². The summed E-state index contributed by atoms with van der Waals surface area (Å²) in [7, 11) is 0. The van der Waals surface area contributed by atoms with E-state index in [9.17, 15) is 45.3 Å². The van der Waals surface area contributed by atoms with Gasteiger partial charge in [-0.15, -0.1) is 0 Å². The van der Waals surface area contributed by atoms with Crippen LogP contribution < -0.4 is 0 Å². The van der Waals surface area contributed by atoms with Crippen molar-refractivity contribution < 1.29 is 73.8 Å². The summed E-state index contributed by atoms with van der Waals surface area (Å²) in [6.45, 7) is 2.48. The molecular weight excluding hydrogens is 901 g/mol. The summed E-state index contributed by atoms with van der Waals surface area (Å²) in [5.74, 6) is -1.17. The van der Waals surface area contributed by atoms with E-state index in [1.807, 2.05) is 6.08 Å². The van der Waals surface area contributed by atoms with Crippen molar-refractivity contribution in [3.05, 3.63) is 36.5 Å². The van der Waals surface area contributed by atoms with E-state index in [2.05, 4.69) is 26.0 Å². The highest BCUT2D eigenvalue weighted by atomic mass is 16.7. The van der Waals surface area contributed by atoms with Crippen molar-refractivity contribution in [2.24, 2.45) is 0 Å². The van der Waals surface area contributed by atoms with Crippen LogP contribution in [-0.2, 0) is 38.0 Å². The molecule has 2 aliphatic rings. The first-order chi connectivity index (χ1) is 34.0. The predicted molar refractivity (Wildman–Crippen MR) is 270 cm³/mol. The number of rotatable bonds is 43. The molecule has 0 bridgehead atoms. The third-order valence-electron chi connectivity index (χ3n) is 13.2. The highest BCUT2D eigenvalue weighted by molar-refractivity contribution is 5.82. The fourth-order valence-corrected chi connectivity index (χ4v) is 8.66. The number of carbonyl (C=O) groups excluding carboxylic acids is 2. The Hall–Kier alpha value is -2.28. The zero-order valence-corrected chi connectivity index (χ0v) is 43.3. The van der Waals surface area contributed by atoms with Crippen molar-refractivity contribution in [2.75, 3.05) is 26.4 Å². The average molecular weight is 999 g/mol. The molecule has 0 aromatic carbocycles. The van der Waals surface area contributed by atoms with Gasteiger partial charge in [0.25, 0.3) is 0 Å². The van der Waals surface area contributed by atoms with E-state index in [1.54, 1.807) is 12.2 Å². The number of hydrogen-bond donors (Lipinski definition) is 7. The summed E-state index contributed by atoms with van der Waals surface area (Å²) in [5.41, 5.74) is 0. The first-order valence-electron chi connectivity index (χ1n) is 27.6. The van der Waals surface area contributed by atoms with Crippen LogP contribution in [0.3, 0.4) is 0 Å². The fraction of sp³-hybridized carbons (Fsp3) is 0.855. The van der Waals surface area contributed by atoms with Crippen molar-refractivity contribution in [1.82, 2.24) is 0 Å². The molecule has 4 unspecified atom stereocenters. The van der Waals surface area contributed by atoms with Crippen LogP contribution in [0, 0.1) is 0 Å². The van der Waals surface area contributed by atoms with E-state index in [-0.39, 0.29) is 13.0 Å².